The molecule has 7 heteroatoms. The van der Waals surface area contributed by atoms with E-state index in [9.17, 15) is 23.1 Å². The molecule has 0 fully saturated rings. The maximum atomic E-state index is 12.7. The Bertz CT molecular complexity index is 675. The highest BCUT2D eigenvalue weighted by molar-refractivity contribution is 5.76. The Hall–Kier alpha value is -2.41. The maximum Gasteiger partial charge on any atom is 0.416 e. The first-order chi connectivity index (χ1) is 11.4. The number of aliphatic hydroxyl groups is 1. The number of hydrogen-bond acceptors (Lipinski definition) is 3. The van der Waals surface area contributed by atoms with Crippen LogP contribution < -0.4 is 5.32 Å². The summed E-state index contributed by atoms with van der Waals surface area (Å²) in [6.45, 7) is -0.146. The number of nitrogens with one attached hydrogen (secondary N) is 1. The van der Waals surface area contributed by atoms with Gasteiger partial charge in [-0.25, -0.2) is 0 Å². The SMILES string of the molecule is O=C(CCc1cccnc1)NCC(O)c1cccc(C(F)(F)F)c1. The zero-order valence-electron chi connectivity index (χ0n) is 12.8. The van der Waals surface area contributed by atoms with Crippen LogP contribution in [-0.4, -0.2) is 22.5 Å². The Morgan fingerprint density at radius 3 is 2.71 bits per heavy atom. The van der Waals surface area contributed by atoms with Crippen molar-refractivity contribution in [1.29, 1.82) is 0 Å². The van der Waals surface area contributed by atoms with Crippen molar-refractivity contribution in [2.45, 2.75) is 25.1 Å². The van der Waals surface area contributed by atoms with Gasteiger partial charge >= 0.3 is 6.18 Å². The number of nitrogens with zero attached hydrogens (tertiary/aromatic N) is 1. The number of amides is 1. The topological polar surface area (TPSA) is 62.2 Å². The molecule has 2 rings (SSSR count). The van der Waals surface area contributed by atoms with Gasteiger partial charge in [0.15, 0.2) is 0 Å². The Labute approximate surface area is 137 Å². The van der Waals surface area contributed by atoms with Crippen LogP contribution >= 0.6 is 0 Å². The van der Waals surface area contributed by atoms with Gasteiger partial charge in [0.05, 0.1) is 11.7 Å². The monoisotopic (exact) mass is 338 g/mol. The number of hydrogen-bond donors (Lipinski definition) is 2. The molecule has 24 heavy (non-hydrogen) atoms. The fraction of sp³-hybridized carbons (Fsp3) is 0.294. The van der Waals surface area contributed by atoms with E-state index in [1.807, 2.05) is 6.07 Å². The van der Waals surface area contributed by atoms with Crippen LogP contribution in [0, 0.1) is 0 Å². The van der Waals surface area contributed by atoms with Crippen molar-refractivity contribution >= 4 is 5.91 Å². The first-order valence-corrected chi connectivity index (χ1v) is 7.37. The first kappa shape index (κ1) is 17.9. The Morgan fingerprint density at radius 2 is 2.04 bits per heavy atom. The minimum atomic E-state index is -4.47. The number of aryl methyl sites for hydroxylation is 1. The van der Waals surface area contributed by atoms with Gasteiger partial charge < -0.3 is 10.4 Å². The van der Waals surface area contributed by atoms with E-state index in [-0.39, 0.29) is 24.4 Å². The standard InChI is InChI=1S/C17H17F3N2O2/c18-17(19,20)14-5-1-4-13(9-14)15(23)11-22-16(24)7-6-12-3-2-8-21-10-12/h1-5,8-10,15,23H,6-7,11H2,(H,22,24). The third-order valence-corrected chi connectivity index (χ3v) is 3.45. The van der Waals surface area contributed by atoms with E-state index in [2.05, 4.69) is 10.3 Å². The summed E-state index contributed by atoms with van der Waals surface area (Å²) in [5.41, 5.74) is 0.186. The van der Waals surface area contributed by atoms with E-state index in [1.165, 1.54) is 12.1 Å². The largest absolute Gasteiger partial charge is 0.416 e. The number of rotatable bonds is 6. The van der Waals surface area contributed by atoms with Gasteiger partial charge in [-0.3, -0.25) is 9.78 Å². The lowest BCUT2D eigenvalue weighted by Crippen LogP contribution is -2.28. The highest BCUT2D eigenvalue weighted by atomic mass is 19.4. The number of carbonyl (C=O) groups excluding carboxylic acids is 1. The molecule has 1 amide bonds. The Morgan fingerprint density at radius 1 is 1.25 bits per heavy atom. The molecule has 2 aromatic rings. The third kappa shape index (κ3) is 5.34. The van der Waals surface area contributed by atoms with E-state index < -0.39 is 17.8 Å². The highest BCUT2D eigenvalue weighted by Gasteiger charge is 2.30. The van der Waals surface area contributed by atoms with Gasteiger partial charge in [0.2, 0.25) is 5.91 Å². The summed E-state index contributed by atoms with van der Waals surface area (Å²) < 4.78 is 38.0. The van der Waals surface area contributed by atoms with E-state index in [1.54, 1.807) is 18.5 Å². The molecular formula is C17H17F3N2O2. The fourth-order valence-corrected chi connectivity index (χ4v) is 2.14. The molecule has 0 radical (unpaired) electrons. The molecule has 1 aromatic carbocycles. The van der Waals surface area contributed by atoms with Crippen molar-refractivity contribution in [1.82, 2.24) is 10.3 Å². The molecule has 0 spiro atoms. The Kier molecular flexibility index (Phi) is 5.92. The average Bonchev–Trinajstić information content (AvgIpc) is 2.58. The van der Waals surface area contributed by atoms with Crippen LogP contribution in [0.4, 0.5) is 13.2 Å². The number of carbonyl (C=O) groups is 1. The summed E-state index contributed by atoms with van der Waals surface area (Å²) in [5, 5.41) is 12.5. The van der Waals surface area contributed by atoms with E-state index >= 15 is 0 Å². The molecule has 0 bridgehead atoms. The highest BCUT2D eigenvalue weighted by Crippen LogP contribution is 2.30. The number of aromatic nitrogens is 1. The van der Waals surface area contributed by atoms with Crippen LogP contribution in [0.15, 0.2) is 48.8 Å². The molecule has 0 aliphatic heterocycles. The van der Waals surface area contributed by atoms with Crippen molar-refractivity contribution in [3.63, 3.8) is 0 Å². The second-order valence-corrected chi connectivity index (χ2v) is 5.30. The van der Waals surface area contributed by atoms with Gasteiger partial charge in [-0.15, -0.1) is 0 Å². The summed E-state index contributed by atoms with van der Waals surface area (Å²) >= 11 is 0. The number of benzene rings is 1. The fourth-order valence-electron chi connectivity index (χ4n) is 2.14. The van der Waals surface area contributed by atoms with E-state index in [0.717, 1.165) is 17.7 Å². The summed E-state index contributed by atoms with van der Waals surface area (Å²) in [7, 11) is 0. The maximum absolute atomic E-state index is 12.7. The molecule has 0 saturated carbocycles. The second kappa shape index (κ2) is 7.92. The van der Waals surface area contributed by atoms with Gasteiger partial charge in [-0.1, -0.05) is 18.2 Å². The lowest BCUT2D eigenvalue weighted by Gasteiger charge is -2.14. The molecule has 0 saturated heterocycles. The zero-order chi connectivity index (χ0) is 17.6. The first-order valence-electron chi connectivity index (χ1n) is 7.37. The van der Waals surface area contributed by atoms with Crippen molar-refractivity contribution in [3.05, 3.63) is 65.5 Å². The number of alkyl halides is 3. The van der Waals surface area contributed by atoms with Crippen LogP contribution in [-0.2, 0) is 17.4 Å². The molecule has 1 heterocycles. The van der Waals surface area contributed by atoms with Crippen LogP contribution in [0.1, 0.15) is 29.2 Å². The number of pyridine rings is 1. The van der Waals surface area contributed by atoms with Crippen molar-refractivity contribution < 1.29 is 23.1 Å². The lowest BCUT2D eigenvalue weighted by atomic mass is 10.1. The van der Waals surface area contributed by atoms with Crippen molar-refractivity contribution in [3.8, 4) is 0 Å². The predicted molar refractivity (Wildman–Crippen MR) is 82.0 cm³/mol. The summed E-state index contributed by atoms with van der Waals surface area (Å²) in [5.74, 6) is -0.287. The van der Waals surface area contributed by atoms with Gasteiger partial charge in [-0.2, -0.15) is 13.2 Å². The van der Waals surface area contributed by atoms with E-state index in [0.29, 0.717) is 6.42 Å². The molecular weight excluding hydrogens is 321 g/mol. The second-order valence-electron chi connectivity index (χ2n) is 5.30. The van der Waals surface area contributed by atoms with Gasteiger partial charge in [0.1, 0.15) is 0 Å². The van der Waals surface area contributed by atoms with Crippen LogP contribution in [0.3, 0.4) is 0 Å². The molecule has 2 N–H and O–H groups in total. The summed E-state index contributed by atoms with van der Waals surface area (Å²) in [6.07, 6.45) is -1.67. The zero-order valence-corrected chi connectivity index (χ0v) is 12.8. The van der Waals surface area contributed by atoms with Crippen LogP contribution in [0.25, 0.3) is 0 Å². The normalized spacial score (nSPS) is 12.7. The van der Waals surface area contributed by atoms with Gasteiger partial charge in [0, 0.05) is 25.4 Å². The number of aliphatic hydroxyl groups excluding tert-OH is 1. The molecule has 4 nitrogen and oxygen atoms in total. The smallest absolute Gasteiger partial charge is 0.387 e. The number of halogens is 3. The molecule has 1 aromatic heterocycles. The Balaban J connectivity index is 1.84. The van der Waals surface area contributed by atoms with Gasteiger partial charge in [-0.05, 0) is 35.7 Å². The van der Waals surface area contributed by atoms with Crippen molar-refractivity contribution in [2.24, 2.45) is 0 Å². The predicted octanol–water partition coefficient (Wildman–Crippen LogP) is 2.88. The molecule has 0 aliphatic carbocycles. The van der Waals surface area contributed by atoms with Crippen LogP contribution in [0.2, 0.25) is 0 Å². The minimum absolute atomic E-state index is 0.109. The summed E-state index contributed by atoms with van der Waals surface area (Å²) in [4.78, 5) is 15.7. The molecule has 1 unspecified atom stereocenters. The van der Waals surface area contributed by atoms with Crippen LogP contribution in [0.5, 0.6) is 0 Å². The minimum Gasteiger partial charge on any atom is -0.387 e. The molecule has 0 aliphatic rings. The quantitative estimate of drug-likeness (QED) is 0.851. The summed E-state index contributed by atoms with van der Waals surface area (Å²) in [6, 6.07) is 8.05. The van der Waals surface area contributed by atoms with Gasteiger partial charge in [0.25, 0.3) is 0 Å². The lowest BCUT2D eigenvalue weighted by molar-refractivity contribution is -0.137. The molecule has 1 atom stereocenters. The van der Waals surface area contributed by atoms with E-state index in [4.69, 9.17) is 0 Å². The average molecular weight is 338 g/mol. The molecule has 128 valence electrons. The van der Waals surface area contributed by atoms with Crippen molar-refractivity contribution in [2.75, 3.05) is 6.54 Å². The third-order valence-electron chi connectivity index (χ3n) is 3.45.